The first kappa shape index (κ1) is 14.3. The van der Waals surface area contributed by atoms with Crippen molar-refractivity contribution < 1.29 is 4.79 Å². The zero-order valence-electron chi connectivity index (χ0n) is 10.5. The number of hydrogen-bond donors (Lipinski definition) is 1. The largest absolute Gasteiger partial charge is 0.346 e. The van der Waals surface area contributed by atoms with E-state index in [1.807, 2.05) is 6.92 Å². The zero-order chi connectivity index (χ0) is 14.0. The minimum absolute atomic E-state index is 0.152. The van der Waals surface area contributed by atoms with Crippen LogP contribution in [-0.2, 0) is 6.54 Å². The Morgan fingerprint density at radius 1 is 1.37 bits per heavy atom. The number of rotatable bonds is 3. The standard InChI is InChI=1S/C13H12Cl2N2OS/c1-7-5-9(19-8(7)2)6-16-13(18)12-10(14)3-4-11(15)17-12/h3-5H,6H2,1-2H3,(H,16,18). The molecule has 0 saturated carbocycles. The van der Waals surface area contributed by atoms with Crippen molar-refractivity contribution in [2.45, 2.75) is 20.4 Å². The third kappa shape index (κ3) is 3.47. The molecule has 0 unspecified atom stereocenters. The molecule has 0 aliphatic rings. The molecule has 0 fully saturated rings. The van der Waals surface area contributed by atoms with Crippen molar-refractivity contribution in [3.8, 4) is 0 Å². The van der Waals surface area contributed by atoms with Crippen molar-refractivity contribution in [2.24, 2.45) is 0 Å². The second-order valence-corrected chi connectivity index (χ2v) is 6.23. The molecule has 6 heteroatoms. The number of pyridine rings is 1. The molecule has 19 heavy (non-hydrogen) atoms. The molecule has 100 valence electrons. The normalized spacial score (nSPS) is 10.5. The van der Waals surface area contributed by atoms with Gasteiger partial charge in [0.25, 0.3) is 5.91 Å². The van der Waals surface area contributed by atoms with Crippen molar-refractivity contribution in [3.05, 3.63) is 49.4 Å². The lowest BCUT2D eigenvalue weighted by Gasteiger charge is -2.05. The summed E-state index contributed by atoms with van der Waals surface area (Å²) in [5.74, 6) is -0.323. The Morgan fingerprint density at radius 3 is 2.74 bits per heavy atom. The lowest BCUT2D eigenvalue weighted by molar-refractivity contribution is 0.0946. The van der Waals surface area contributed by atoms with Crippen LogP contribution in [0.15, 0.2) is 18.2 Å². The molecule has 0 spiro atoms. The maximum atomic E-state index is 12.0. The molecule has 1 N–H and O–H groups in total. The van der Waals surface area contributed by atoms with E-state index in [1.165, 1.54) is 10.4 Å². The predicted molar refractivity (Wildman–Crippen MR) is 79.2 cm³/mol. The summed E-state index contributed by atoms with van der Waals surface area (Å²) in [6.45, 7) is 4.57. The summed E-state index contributed by atoms with van der Waals surface area (Å²) in [6, 6.07) is 5.17. The molecule has 2 aromatic heterocycles. The SMILES string of the molecule is Cc1cc(CNC(=O)c2nc(Cl)ccc2Cl)sc1C. The van der Waals surface area contributed by atoms with Crippen molar-refractivity contribution >= 4 is 40.4 Å². The predicted octanol–water partition coefficient (Wildman–Crippen LogP) is 4.00. The molecule has 2 rings (SSSR count). The first-order valence-corrected chi connectivity index (χ1v) is 7.21. The van der Waals surface area contributed by atoms with E-state index >= 15 is 0 Å². The molecule has 0 aromatic carbocycles. The maximum absolute atomic E-state index is 12.0. The second-order valence-electron chi connectivity index (χ2n) is 4.10. The highest BCUT2D eigenvalue weighted by molar-refractivity contribution is 7.12. The topological polar surface area (TPSA) is 42.0 Å². The highest BCUT2D eigenvalue weighted by Gasteiger charge is 2.13. The molecule has 2 aromatic rings. The molecular formula is C13H12Cl2N2OS. The van der Waals surface area contributed by atoms with Crippen LogP contribution < -0.4 is 5.32 Å². The fourth-order valence-corrected chi connectivity index (χ4v) is 2.90. The molecular weight excluding hydrogens is 303 g/mol. The van der Waals surface area contributed by atoms with Crippen molar-refractivity contribution in [2.75, 3.05) is 0 Å². The molecule has 0 bridgehead atoms. The maximum Gasteiger partial charge on any atom is 0.271 e. The Labute approximate surface area is 125 Å². The van der Waals surface area contributed by atoms with Crippen LogP contribution in [0.5, 0.6) is 0 Å². The van der Waals surface area contributed by atoms with E-state index in [2.05, 4.69) is 23.3 Å². The van der Waals surface area contributed by atoms with Crippen LogP contribution in [0, 0.1) is 13.8 Å². The number of carbonyl (C=O) groups excluding carboxylic acids is 1. The monoisotopic (exact) mass is 314 g/mol. The summed E-state index contributed by atoms with van der Waals surface area (Å²) < 4.78 is 0. The van der Waals surface area contributed by atoms with E-state index in [0.717, 1.165) is 4.88 Å². The Bertz CT molecular complexity index is 606. The number of aromatic nitrogens is 1. The van der Waals surface area contributed by atoms with Gasteiger partial charge in [0.1, 0.15) is 10.8 Å². The summed E-state index contributed by atoms with van der Waals surface area (Å²) in [7, 11) is 0. The van der Waals surface area contributed by atoms with E-state index < -0.39 is 0 Å². The molecule has 0 radical (unpaired) electrons. The average molecular weight is 315 g/mol. The lowest BCUT2D eigenvalue weighted by Crippen LogP contribution is -2.23. The summed E-state index contributed by atoms with van der Waals surface area (Å²) in [4.78, 5) is 18.3. The van der Waals surface area contributed by atoms with Crippen LogP contribution in [0.25, 0.3) is 0 Å². The van der Waals surface area contributed by atoms with Crippen LogP contribution in [0.3, 0.4) is 0 Å². The fraction of sp³-hybridized carbons (Fsp3) is 0.231. The van der Waals surface area contributed by atoms with Gasteiger partial charge in [-0.3, -0.25) is 4.79 Å². The van der Waals surface area contributed by atoms with Gasteiger partial charge in [-0.15, -0.1) is 11.3 Å². The van der Waals surface area contributed by atoms with Gasteiger partial charge in [-0.25, -0.2) is 4.98 Å². The lowest BCUT2D eigenvalue weighted by atomic mass is 10.3. The van der Waals surface area contributed by atoms with E-state index in [9.17, 15) is 4.79 Å². The van der Waals surface area contributed by atoms with Gasteiger partial charge in [-0.2, -0.15) is 0 Å². The highest BCUT2D eigenvalue weighted by atomic mass is 35.5. The number of amides is 1. The fourth-order valence-electron chi connectivity index (χ4n) is 1.57. The molecule has 0 atom stereocenters. The average Bonchev–Trinajstić information content (AvgIpc) is 2.69. The third-order valence-electron chi connectivity index (χ3n) is 2.67. The van der Waals surface area contributed by atoms with Gasteiger partial charge < -0.3 is 5.32 Å². The number of halogens is 2. The summed E-state index contributed by atoms with van der Waals surface area (Å²) in [5.41, 5.74) is 1.38. The van der Waals surface area contributed by atoms with Crippen molar-refractivity contribution in [1.82, 2.24) is 10.3 Å². The Kier molecular flexibility index (Phi) is 4.45. The van der Waals surface area contributed by atoms with Crippen molar-refractivity contribution in [1.29, 1.82) is 0 Å². The number of nitrogens with one attached hydrogen (secondary N) is 1. The quantitative estimate of drug-likeness (QED) is 0.870. The van der Waals surface area contributed by atoms with Crippen LogP contribution in [0.2, 0.25) is 10.2 Å². The van der Waals surface area contributed by atoms with Gasteiger partial charge in [-0.1, -0.05) is 23.2 Å². The van der Waals surface area contributed by atoms with E-state index in [1.54, 1.807) is 23.5 Å². The first-order valence-electron chi connectivity index (χ1n) is 5.63. The molecule has 0 aliphatic carbocycles. The highest BCUT2D eigenvalue weighted by Crippen LogP contribution is 2.21. The van der Waals surface area contributed by atoms with Crippen molar-refractivity contribution in [3.63, 3.8) is 0 Å². The van der Waals surface area contributed by atoms with Gasteiger partial charge in [0, 0.05) is 9.75 Å². The Hall–Kier alpha value is -1.10. The van der Waals surface area contributed by atoms with Gasteiger partial charge in [-0.05, 0) is 37.6 Å². The van der Waals surface area contributed by atoms with Crippen LogP contribution in [0.4, 0.5) is 0 Å². The van der Waals surface area contributed by atoms with Gasteiger partial charge >= 0.3 is 0 Å². The number of carbonyl (C=O) groups is 1. The smallest absolute Gasteiger partial charge is 0.271 e. The van der Waals surface area contributed by atoms with E-state index in [-0.39, 0.29) is 16.8 Å². The zero-order valence-corrected chi connectivity index (χ0v) is 12.8. The van der Waals surface area contributed by atoms with Gasteiger partial charge in [0.15, 0.2) is 0 Å². The van der Waals surface area contributed by atoms with Crippen LogP contribution >= 0.6 is 34.5 Å². The molecule has 2 heterocycles. The number of hydrogen-bond acceptors (Lipinski definition) is 3. The van der Waals surface area contributed by atoms with E-state index in [0.29, 0.717) is 11.6 Å². The summed E-state index contributed by atoms with van der Waals surface area (Å²) >= 11 is 13.3. The first-order chi connectivity index (χ1) is 8.97. The van der Waals surface area contributed by atoms with Gasteiger partial charge in [0.05, 0.1) is 11.6 Å². The Morgan fingerprint density at radius 2 is 2.11 bits per heavy atom. The Balaban J connectivity index is 2.07. The van der Waals surface area contributed by atoms with Gasteiger partial charge in [0.2, 0.25) is 0 Å². The van der Waals surface area contributed by atoms with E-state index in [4.69, 9.17) is 23.2 Å². The minimum atomic E-state index is -0.323. The third-order valence-corrected chi connectivity index (χ3v) is 4.34. The molecule has 0 saturated heterocycles. The van der Waals surface area contributed by atoms with Crippen LogP contribution in [-0.4, -0.2) is 10.9 Å². The minimum Gasteiger partial charge on any atom is -0.346 e. The van der Waals surface area contributed by atoms with Crippen LogP contribution in [0.1, 0.15) is 25.8 Å². The second kappa shape index (κ2) is 5.90. The number of thiophene rings is 1. The molecule has 3 nitrogen and oxygen atoms in total. The number of aryl methyl sites for hydroxylation is 2. The summed E-state index contributed by atoms with van der Waals surface area (Å²) in [6.07, 6.45) is 0. The number of nitrogens with zero attached hydrogens (tertiary/aromatic N) is 1. The molecule has 1 amide bonds. The molecule has 0 aliphatic heterocycles. The summed E-state index contributed by atoms with van der Waals surface area (Å²) in [5, 5.41) is 3.33.